The summed E-state index contributed by atoms with van der Waals surface area (Å²) in [4.78, 5) is 0. The average molecular weight is 192 g/mol. The summed E-state index contributed by atoms with van der Waals surface area (Å²) in [5, 5.41) is 3.09. The molecule has 3 N–H and O–H groups in total. The fourth-order valence-corrected chi connectivity index (χ4v) is 1.36. The smallest absolute Gasteiger partial charge is 0.0344 e. The zero-order valence-corrected chi connectivity index (χ0v) is 9.46. The van der Waals surface area contributed by atoms with Gasteiger partial charge in [0.1, 0.15) is 0 Å². The lowest BCUT2D eigenvalue weighted by Crippen LogP contribution is -2.26. The fourth-order valence-electron chi connectivity index (χ4n) is 1.36. The van der Waals surface area contributed by atoms with E-state index >= 15 is 0 Å². The Morgan fingerprint density at radius 1 is 1.14 bits per heavy atom. The summed E-state index contributed by atoms with van der Waals surface area (Å²) < 4.78 is 0. The summed E-state index contributed by atoms with van der Waals surface area (Å²) in [7, 11) is 1.92. The molecule has 14 heavy (non-hydrogen) atoms. The quantitative estimate of drug-likeness (QED) is 0.756. The number of nitrogens with two attached hydrogens (primary N) is 1. The Bertz CT molecular complexity index is 282. The van der Waals surface area contributed by atoms with Gasteiger partial charge in [0.25, 0.3) is 0 Å². The molecule has 1 aromatic rings. The van der Waals surface area contributed by atoms with Gasteiger partial charge in [0.05, 0.1) is 0 Å². The number of nitrogens with one attached hydrogen (secondary N) is 1. The van der Waals surface area contributed by atoms with Gasteiger partial charge in [-0.25, -0.2) is 0 Å². The molecule has 0 saturated heterocycles. The number of rotatable bonds is 2. The summed E-state index contributed by atoms with van der Waals surface area (Å²) in [5.74, 6) is 0. The van der Waals surface area contributed by atoms with Crippen molar-refractivity contribution in [1.29, 1.82) is 0 Å². The molecule has 0 saturated carbocycles. The maximum atomic E-state index is 6.14. The first-order valence-corrected chi connectivity index (χ1v) is 4.98. The first kappa shape index (κ1) is 11.1. The lowest BCUT2D eigenvalue weighted by molar-refractivity contribution is 0.327. The van der Waals surface area contributed by atoms with Crippen LogP contribution in [0.5, 0.6) is 0 Å². The molecule has 0 fully saturated rings. The van der Waals surface area contributed by atoms with Gasteiger partial charge in [-0.2, -0.15) is 0 Å². The maximum Gasteiger partial charge on any atom is 0.0344 e. The van der Waals surface area contributed by atoms with Gasteiger partial charge in [-0.3, -0.25) is 0 Å². The summed E-state index contributed by atoms with van der Waals surface area (Å²) in [5.41, 5.74) is 8.57. The number of benzene rings is 1. The molecule has 0 aliphatic carbocycles. The molecule has 2 nitrogen and oxygen atoms in total. The first-order chi connectivity index (χ1) is 6.45. The van der Waals surface area contributed by atoms with Gasteiger partial charge >= 0.3 is 0 Å². The van der Waals surface area contributed by atoms with E-state index in [1.54, 1.807) is 0 Å². The SMILES string of the molecule is CNc1ccc([C@H](N)C(C)(C)C)cc1. The average Bonchev–Trinajstić information content (AvgIpc) is 2.15. The van der Waals surface area contributed by atoms with Crippen LogP contribution < -0.4 is 11.1 Å². The van der Waals surface area contributed by atoms with E-state index in [1.807, 2.05) is 7.05 Å². The third-order valence-electron chi connectivity index (χ3n) is 2.49. The van der Waals surface area contributed by atoms with Crippen LogP contribution in [-0.2, 0) is 0 Å². The lowest BCUT2D eigenvalue weighted by Gasteiger charge is -2.27. The Hall–Kier alpha value is -1.02. The topological polar surface area (TPSA) is 38.0 Å². The molecule has 0 amide bonds. The highest BCUT2D eigenvalue weighted by molar-refractivity contribution is 5.44. The van der Waals surface area contributed by atoms with E-state index in [4.69, 9.17) is 5.73 Å². The van der Waals surface area contributed by atoms with Gasteiger partial charge in [-0.1, -0.05) is 32.9 Å². The highest BCUT2D eigenvalue weighted by atomic mass is 14.8. The standard InChI is InChI=1S/C12H20N2/c1-12(2,3)11(13)9-5-7-10(14-4)8-6-9/h5-8,11,14H,13H2,1-4H3/t11-/m0/s1. The first-order valence-electron chi connectivity index (χ1n) is 4.98. The Morgan fingerprint density at radius 2 is 1.64 bits per heavy atom. The van der Waals surface area contributed by atoms with Gasteiger partial charge < -0.3 is 11.1 Å². The number of hydrogen-bond acceptors (Lipinski definition) is 2. The van der Waals surface area contributed by atoms with E-state index in [0.29, 0.717) is 0 Å². The predicted octanol–water partition coefficient (Wildman–Crippen LogP) is 2.77. The van der Waals surface area contributed by atoms with Crippen LogP contribution in [0, 0.1) is 5.41 Å². The van der Waals surface area contributed by atoms with Gasteiger partial charge in [-0.15, -0.1) is 0 Å². The molecule has 0 heterocycles. The molecule has 1 rings (SSSR count). The van der Waals surface area contributed by atoms with E-state index in [-0.39, 0.29) is 11.5 Å². The van der Waals surface area contributed by atoms with Crippen LogP contribution in [0.4, 0.5) is 5.69 Å². The highest BCUT2D eigenvalue weighted by Crippen LogP contribution is 2.30. The molecule has 2 heteroatoms. The lowest BCUT2D eigenvalue weighted by atomic mass is 9.83. The summed E-state index contributed by atoms with van der Waals surface area (Å²) in [6.45, 7) is 6.47. The monoisotopic (exact) mass is 192 g/mol. The third-order valence-corrected chi connectivity index (χ3v) is 2.49. The van der Waals surface area contributed by atoms with Crippen molar-refractivity contribution >= 4 is 5.69 Å². The van der Waals surface area contributed by atoms with Crippen molar-refractivity contribution in [3.8, 4) is 0 Å². The third kappa shape index (κ3) is 2.48. The molecule has 0 spiro atoms. The minimum absolute atomic E-state index is 0.0911. The van der Waals surface area contributed by atoms with Gasteiger partial charge in [0.2, 0.25) is 0 Å². The normalized spacial score (nSPS) is 13.8. The number of hydrogen-bond donors (Lipinski definition) is 2. The van der Waals surface area contributed by atoms with Gasteiger partial charge in [0.15, 0.2) is 0 Å². The highest BCUT2D eigenvalue weighted by Gasteiger charge is 2.21. The molecule has 0 unspecified atom stereocenters. The summed E-state index contributed by atoms with van der Waals surface area (Å²) in [6.07, 6.45) is 0. The second kappa shape index (κ2) is 4.01. The Morgan fingerprint density at radius 3 is 2.00 bits per heavy atom. The van der Waals surface area contributed by atoms with Crippen molar-refractivity contribution in [2.45, 2.75) is 26.8 Å². The van der Waals surface area contributed by atoms with Crippen LogP contribution in [0.15, 0.2) is 24.3 Å². The van der Waals surface area contributed by atoms with Crippen LogP contribution in [0.3, 0.4) is 0 Å². The molecule has 0 aliphatic rings. The summed E-state index contributed by atoms with van der Waals surface area (Å²) >= 11 is 0. The predicted molar refractivity (Wildman–Crippen MR) is 62.4 cm³/mol. The molecule has 1 atom stereocenters. The van der Waals surface area contributed by atoms with Gasteiger partial charge in [0, 0.05) is 18.8 Å². The Balaban J connectivity index is 2.87. The minimum Gasteiger partial charge on any atom is -0.388 e. The molecule has 0 aromatic heterocycles. The van der Waals surface area contributed by atoms with Crippen molar-refractivity contribution in [1.82, 2.24) is 0 Å². The maximum absolute atomic E-state index is 6.14. The van der Waals surface area contributed by atoms with Crippen molar-refractivity contribution in [3.05, 3.63) is 29.8 Å². The van der Waals surface area contributed by atoms with Crippen LogP contribution in [0.25, 0.3) is 0 Å². The van der Waals surface area contributed by atoms with E-state index in [2.05, 4.69) is 50.4 Å². The van der Waals surface area contributed by atoms with Crippen LogP contribution >= 0.6 is 0 Å². The van der Waals surface area contributed by atoms with E-state index in [9.17, 15) is 0 Å². The molecule has 78 valence electrons. The summed E-state index contributed by atoms with van der Waals surface area (Å²) in [6, 6.07) is 8.37. The largest absolute Gasteiger partial charge is 0.388 e. The van der Waals surface area contributed by atoms with Gasteiger partial charge in [-0.05, 0) is 23.1 Å². The van der Waals surface area contributed by atoms with E-state index in [0.717, 1.165) is 5.69 Å². The van der Waals surface area contributed by atoms with Crippen LogP contribution in [0.2, 0.25) is 0 Å². The van der Waals surface area contributed by atoms with E-state index in [1.165, 1.54) is 5.56 Å². The molecule has 0 radical (unpaired) electrons. The van der Waals surface area contributed by atoms with Crippen LogP contribution in [-0.4, -0.2) is 7.05 Å². The number of anilines is 1. The molecule has 0 bridgehead atoms. The zero-order chi connectivity index (χ0) is 10.8. The molecular formula is C12H20N2. The van der Waals surface area contributed by atoms with Crippen molar-refractivity contribution in [2.75, 3.05) is 12.4 Å². The minimum atomic E-state index is 0.0911. The Labute approximate surface area is 86.5 Å². The second-order valence-corrected chi connectivity index (χ2v) is 4.72. The van der Waals surface area contributed by atoms with Crippen molar-refractivity contribution < 1.29 is 0 Å². The molecule has 1 aromatic carbocycles. The molecule has 0 aliphatic heterocycles. The van der Waals surface area contributed by atoms with E-state index < -0.39 is 0 Å². The van der Waals surface area contributed by atoms with Crippen LogP contribution in [0.1, 0.15) is 32.4 Å². The Kier molecular flexibility index (Phi) is 3.17. The molecular weight excluding hydrogens is 172 g/mol. The fraction of sp³-hybridized carbons (Fsp3) is 0.500. The second-order valence-electron chi connectivity index (χ2n) is 4.72. The van der Waals surface area contributed by atoms with Crippen molar-refractivity contribution in [3.63, 3.8) is 0 Å². The van der Waals surface area contributed by atoms with Crippen molar-refractivity contribution in [2.24, 2.45) is 11.1 Å². The zero-order valence-electron chi connectivity index (χ0n) is 9.46.